The highest BCUT2D eigenvalue weighted by atomic mass is 35.5. The number of likely N-dealkylation sites (tertiary alicyclic amines) is 1. The monoisotopic (exact) mass is 274 g/mol. The van der Waals surface area contributed by atoms with Crippen LogP contribution in [0.1, 0.15) is 29.6 Å². The van der Waals surface area contributed by atoms with E-state index in [1.165, 1.54) is 6.42 Å². The first kappa shape index (κ1) is 12.4. The summed E-state index contributed by atoms with van der Waals surface area (Å²) in [6.07, 6.45) is 5.04. The van der Waals surface area contributed by atoms with Gasteiger partial charge in [0.1, 0.15) is 0 Å². The van der Waals surface area contributed by atoms with Crippen molar-refractivity contribution in [2.45, 2.75) is 19.3 Å². The van der Waals surface area contributed by atoms with Crippen molar-refractivity contribution in [1.82, 2.24) is 9.88 Å². The van der Waals surface area contributed by atoms with Gasteiger partial charge in [-0.15, -0.1) is 0 Å². The molecule has 1 fully saturated rings. The highest BCUT2D eigenvalue weighted by molar-refractivity contribution is 6.35. The van der Waals surface area contributed by atoms with Crippen molar-refractivity contribution < 1.29 is 4.79 Å². The standard InChI is InChI=1S/C15H15ClN2O/c16-13-6-4-5-11-9-12(10-17-14(11)13)15(19)18-7-2-1-3-8-18/h4-6,9-10H,1-3,7-8H2. The highest BCUT2D eigenvalue weighted by Crippen LogP contribution is 2.22. The highest BCUT2D eigenvalue weighted by Gasteiger charge is 2.18. The predicted molar refractivity (Wildman–Crippen MR) is 76.5 cm³/mol. The topological polar surface area (TPSA) is 33.2 Å². The van der Waals surface area contributed by atoms with Crippen LogP contribution in [0.15, 0.2) is 30.5 Å². The van der Waals surface area contributed by atoms with E-state index in [4.69, 9.17) is 11.6 Å². The minimum Gasteiger partial charge on any atom is -0.339 e. The average Bonchev–Trinajstić information content (AvgIpc) is 2.47. The lowest BCUT2D eigenvalue weighted by molar-refractivity contribution is 0.0724. The smallest absolute Gasteiger partial charge is 0.255 e. The van der Waals surface area contributed by atoms with Crippen molar-refractivity contribution in [3.05, 3.63) is 41.0 Å². The second kappa shape index (κ2) is 5.17. The number of fused-ring (bicyclic) bond motifs is 1. The second-order valence-electron chi connectivity index (χ2n) is 4.89. The van der Waals surface area contributed by atoms with Gasteiger partial charge in [-0.25, -0.2) is 0 Å². The van der Waals surface area contributed by atoms with Crippen LogP contribution < -0.4 is 0 Å². The molecule has 0 aliphatic carbocycles. The third kappa shape index (κ3) is 2.43. The van der Waals surface area contributed by atoms with Crippen molar-refractivity contribution >= 4 is 28.4 Å². The van der Waals surface area contributed by atoms with Crippen molar-refractivity contribution in [1.29, 1.82) is 0 Å². The number of piperidine rings is 1. The first-order chi connectivity index (χ1) is 9.25. The number of halogens is 1. The van der Waals surface area contributed by atoms with E-state index in [0.29, 0.717) is 10.6 Å². The van der Waals surface area contributed by atoms with Gasteiger partial charge in [-0.05, 0) is 31.4 Å². The molecule has 0 bridgehead atoms. The predicted octanol–water partition coefficient (Wildman–Crippen LogP) is 3.51. The summed E-state index contributed by atoms with van der Waals surface area (Å²) in [5, 5.41) is 1.53. The summed E-state index contributed by atoms with van der Waals surface area (Å²) in [7, 11) is 0. The number of aromatic nitrogens is 1. The summed E-state index contributed by atoms with van der Waals surface area (Å²) in [6, 6.07) is 7.50. The summed E-state index contributed by atoms with van der Waals surface area (Å²) >= 11 is 6.08. The van der Waals surface area contributed by atoms with Gasteiger partial charge in [0.05, 0.1) is 16.1 Å². The molecule has 0 atom stereocenters. The third-order valence-electron chi connectivity index (χ3n) is 3.55. The number of carbonyl (C=O) groups is 1. The Morgan fingerprint density at radius 3 is 2.79 bits per heavy atom. The molecule has 0 N–H and O–H groups in total. The maximum Gasteiger partial charge on any atom is 0.255 e. The quantitative estimate of drug-likeness (QED) is 0.797. The molecule has 1 aromatic carbocycles. The lowest BCUT2D eigenvalue weighted by atomic mass is 10.1. The maximum absolute atomic E-state index is 12.4. The Morgan fingerprint density at radius 2 is 2.00 bits per heavy atom. The summed E-state index contributed by atoms with van der Waals surface area (Å²) in [4.78, 5) is 18.6. The van der Waals surface area contributed by atoms with E-state index in [2.05, 4.69) is 4.98 Å². The summed E-state index contributed by atoms with van der Waals surface area (Å²) < 4.78 is 0. The lowest BCUT2D eigenvalue weighted by Crippen LogP contribution is -2.35. The number of carbonyl (C=O) groups excluding carboxylic acids is 1. The zero-order valence-corrected chi connectivity index (χ0v) is 11.4. The molecule has 1 saturated heterocycles. The normalized spacial score (nSPS) is 15.7. The molecule has 2 aromatic rings. The largest absolute Gasteiger partial charge is 0.339 e. The van der Waals surface area contributed by atoms with E-state index in [9.17, 15) is 4.79 Å². The van der Waals surface area contributed by atoms with E-state index in [0.717, 1.165) is 36.8 Å². The SMILES string of the molecule is O=C(c1cnc2c(Cl)cccc2c1)N1CCCCC1. The first-order valence-electron chi connectivity index (χ1n) is 6.59. The Balaban J connectivity index is 1.94. The number of amides is 1. The van der Waals surface area contributed by atoms with Crippen molar-refractivity contribution in [2.75, 3.05) is 13.1 Å². The lowest BCUT2D eigenvalue weighted by Gasteiger charge is -2.26. The van der Waals surface area contributed by atoms with Gasteiger partial charge in [-0.1, -0.05) is 23.7 Å². The Hall–Kier alpha value is -1.61. The summed E-state index contributed by atoms with van der Waals surface area (Å²) in [5.41, 5.74) is 1.40. The Morgan fingerprint density at radius 1 is 1.21 bits per heavy atom. The van der Waals surface area contributed by atoms with E-state index in [1.54, 1.807) is 6.20 Å². The van der Waals surface area contributed by atoms with Crippen LogP contribution in [0, 0.1) is 0 Å². The molecule has 1 aliphatic rings. The van der Waals surface area contributed by atoms with Gasteiger partial charge in [0, 0.05) is 24.7 Å². The minimum absolute atomic E-state index is 0.0778. The molecule has 1 aliphatic heterocycles. The first-order valence-corrected chi connectivity index (χ1v) is 6.97. The number of nitrogens with zero attached hydrogens (tertiary/aromatic N) is 2. The van der Waals surface area contributed by atoms with E-state index in [1.807, 2.05) is 29.2 Å². The van der Waals surface area contributed by atoms with Gasteiger partial charge in [0.2, 0.25) is 0 Å². The fourth-order valence-electron chi connectivity index (χ4n) is 2.52. The van der Waals surface area contributed by atoms with Crippen LogP contribution in [-0.2, 0) is 0 Å². The Labute approximate surface area is 117 Å². The molecular formula is C15H15ClN2O. The molecule has 1 amide bonds. The van der Waals surface area contributed by atoms with Gasteiger partial charge < -0.3 is 4.90 Å². The molecule has 0 spiro atoms. The number of hydrogen-bond donors (Lipinski definition) is 0. The molecule has 19 heavy (non-hydrogen) atoms. The molecule has 0 unspecified atom stereocenters. The molecule has 0 saturated carbocycles. The van der Waals surface area contributed by atoms with Gasteiger partial charge >= 0.3 is 0 Å². The minimum atomic E-state index is 0.0778. The van der Waals surface area contributed by atoms with Crippen molar-refractivity contribution in [3.63, 3.8) is 0 Å². The number of rotatable bonds is 1. The van der Waals surface area contributed by atoms with Crippen LogP contribution in [0.4, 0.5) is 0 Å². The molecule has 2 heterocycles. The van der Waals surface area contributed by atoms with Gasteiger partial charge in [-0.2, -0.15) is 0 Å². The van der Waals surface area contributed by atoms with E-state index < -0.39 is 0 Å². The summed E-state index contributed by atoms with van der Waals surface area (Å²) in [6.45, 7) is 1.71. The fourth-order valence-corrected chi connectivity index (χ4v) is 2.75. The molecule has 0 radical (unpaired) electrons. The van der Waals surface area contributed by atoms with Crippen LogP contribution in [-0.4, -0.2) is 28.9 Å². The zero-order valence-electron chi connectivity index (χ0n) is 10.6. The number of hydrogen-bond acceptors (Lipinski definition) is 2. The molecule has 98 valence electrons. The number of para-hydroxylation sites is 1. The zero-order chi connectivity index (χ0) is 13.2. The molecular weight excluding hydrogens is 260 g/mol. The van der Waals surface area contributed by atoms with Gasteiger partial charge in [0.15, 0.2) is 0 Å². The Kier molecular flexibility index (Phi) is 3.38. The van der Waals surface area contributed by atoms with Crippen molar-refractivity contribution in [3.8, 4) is 0 Å². The number of pyridine rings is 1. The Bertz CT molecular complexity index is 621. The van der Waals surface area contributed by atoms with E-state index >= 15 is 0 Å². The fraction of sp³-hybridized carbons (Fsp3) is 0.333. The van der Waals surface area contributed by atoms with Crippen LogP contribution in [0.3, 0.4) is 0 Å². The average molecular weight is 275 g/mol. The molecule has 3 rings (SSSR count). The van der Waals surface area contributed by atoms with Crippen LogP contribution >= 0.6 is 11.6 Å². The van der Waals surface area contributed by atoms with Gasteiger partial charge in [-0.3, -0.25) is 9.78 Å². The van der Waals surface area contributed by atoms with Crippen molar-refractivity contribution in [2.24, 2.45) is 0 Å². The molecule has 3 nitrogen and oxygen atoms in total. The maximum atomic E-state index is 12.4. The second-order valence-corrected chi connectivity index (χ2v) is 5.30. The van der Waals surface area contributed by atoms with Crippen LogP contribution in [0.25, 0.3) is 10.9 Å². The third-order valence-corrected chi connectivity index (χ3v) is 3.86. The van der Waals surface area contributed by atoms with Crippen LogP contribution in [0.5, 0.6) is 0 Å². The molecule has 1 aromatic heterocycles. The summed E-state index contributed by atoms with van der Waals surface area (Å²) in [5.74, 6) is 0.0778. The van der Waals surface area contributed by atoms with E-state index in [-0.39, 0.29) is 5.91 Å². The van der Waals surface area contributed by atoms with Crippen LogP contribution in [0.2, 0.25) is 5.02 Å². The van der Waals surface area contributed by atoms with Gasteiger partial charge in [0.25, 0.3) is 5.91 Å². The number of benzene rings is 1. The molecule has 4 heteroatoms.